The molecule has 47 heavy (non-hydrogen) atoms. The molecule has 1 unspecified atom stereocenters. The number of rotatable bonds is 5. The fourth-order valence-electron chi connectivity index (χ4n) is 7.70. The van der Waals surface area contributed by atoms with E-state index in [0.29, 0.717) is 5.84 Å². The van der Waals surface area contributed by atoms with Gasteiger partial charge in [0.2, 0.25) is 0 Å². The van der Waals surface area contributed by atoms with Crippen LogP contribution in [0.1, 0.15) is 40.3 Å². The summed E-state index contributed by atoms with van der Waals surface area (Å²) in [4.78, 5) is 4.62. The van der Waals surface area contributed by atoms with Gasteiger partial charge >= 0.3 is 0 Å². The van der Waals surface area contributed by atoms with Crippen molar-refractivity contribution in [2.24, 2.45) is 10.7 Å². The van der Waals surface area contributed by atoms with Crippen LogP contribution in [0.4, 0.5) is 0 Å². The van der Waals surface area contributed by atoms with Crippen LogP contribution in [-0.2, 0) is 5.41 Å². The highest BCUT2D eigenvalue weighted by Gasteiger charge is 2.51. The van der Waals surface area contributed by atoms with Crippen LogP contribution in [0.15, 0.2) is 169 Å². The van der Waals surface area contributed by atoms with E-state index in [1.165, 1.54) is 44.5 Å². The molecule has 224 valence electrons. The zero-order valence-corrected chi connectivity index (χ0v) is 26.2. The normalized spacial score (nSPS) is 16.5. The van der Waals surface area contributed by atoms with E-state index < -0.39 is 5.41 Å². The summed E-state index contributed by atoms with van der Waals surface area (Å²) in [5, 5.41) is 11.4. The Morgan fingerprint density at radius 2 is 1.30 bits per heavy atom. The highest BCUT2D eigenvalue weighted by atomic mass is 14.9. The number of nitrogens with zero attached hydrogens (tertiary/aromatic N) is 1. The lowest BCUT2D eigenvalue weighted by atomic mass is 9.70. The number of nitrogens with one attached hydrogen (secondary N) is 1. The van der Waals surface area contributed by atoms with Crippen LogP contribution in [-0.4, -0.2) is 11.7 Å². The summed E-state index contributed by atoms with van der Waals surface area (Å²) in [5.74, 6) is 0.450. The molecule has 6 aromatic rings. The van der Waals surface area contributed by atoms with E-state index in [1.807, 2.05) is 48.6 Å². The average Bonchev–Trinajstić information content (AvgIpc) is 3.55. The van der Waals surface area contributed by atoms with Gasteiger partial charge in [0.15, 0.2) is 5.84 Å². The van der Waals surface area contributed by atoms with Gasteiger partial charge in [0.05, 0.1) is 5.41 Å². The minimum absolute atomic E-state index is 0.129. The molecule has 0 amide bonds. The van der Waals surface area contributed by atoms with Crippen molar-refractivity contribution in [3.63, 3.8) is 0 Å². The Morgan fingerprint density at radius 1 is 0.681 bits per heavy atom. The first-order valence-electron chi connectivity index (χ1n) is 15.9. The minimum Gasteiger partial charge on any atom is -0.383 e. The summed E-state index contributed by atoms with van der Waals surface area (Å²) in [6.07, 6.45) is 6.06. The van der Waals surface area contributed by atoms with Crippen molar-refractivity contribution in [3.05, 3.63) is 197 Å². The molecular weight excluding hydrogens is 571 g/mol. The van der Waals surface area contributed by atoms with Crippen molar-refractivity contribution in [2.45, 2.75) is 12.3 Å². The van der Waals surface area contributed by atoms with Crippen LogP contribution in [0.5, 0.6) is 0 Å². The van der Waals surface area contributed by atoms with E-state index in [4.69, 9.17) is 5.73 Å². The molecule has 8 rings (SSSR count). The molecule has 0 aromatic heterocycles. The van der Waals surface area contributed by atoms with Crippen molar-refractivity contribution in [1.29, 1.82) is 5.41 Å². The number of allylic oxidation sites excluding steroid dienone is 5. The predicted octanol–water partition coefficient (Wildman–Crippen LogP) is 10.1. The second-order valence-corrected chi connectivity index (χ2v) is 12.2. The maximum absolute atomic E-state index is 9.22. The fraction of sp³-hybridized carbons (Fsp3) is 0.0455. The van der Waals surface area contributed by atoms with Gasteiger partial charge < -0.3 is 5.73 Å². The number of amidine groups is 2. The topological polar surface area (TPSA) is 62.2 Å². The zero-order chi connectivity index (χ0) is 32.1. The fourth-order valence-corrected chi connectivity index (χ4v) is 7.70. The lowest BCUT2D eigenvalue weighted by Gasteiger charge is -2.31. The molecule has 0 radical (unpaired) electrons. The van der Waals surface area contributed by atoms with Crippen molar-refractivity contribution in [3.8, 4) is 22.3 Å². The van der Waals surface area contributed by atoms with Crippen molar-refractivity contribution in [1.82, 2.24) is 0 Å². The Morgan fingerprint density at radius 3 is 2.04 bits per heavy atom. The van der Waals surface area contributed by atoms with Gasteiger partial charge in [0.25, 0.3) is 0 Å². The quantitative estimate of drug-likeness (QED) is 0.115. The minimum atomic E-state index is -0.445. The van der Waals surface area contributed by atoms with E-state index >= 15 is 0 Å². The average molecular weight is 604 g/mol. The second-order valence-electron chi connectivity index (χ2n) is 12.2. The molecule has 6 aromatic carbocycles. The maximum Gasteiger partial charge on any atom is 0.154 e. The zero-order valence-electron chi connectivity index (χ0n) is 26.2. The van der Waals surface area contributed by atoms with Gasteiger partial charge in [0, 0.05) is 11.1 Å². The van der Waals surface area contributed by atoms with E-state index in [0.717, 1.165) is 33.0 Å². The third-order valence-electron chi connectivity index (χ3n) is 9.79. The molecule has 2 aliphatic rings. The van der Waals surface area contributed by atoms with Crippen LogP contribution in [0.3, 0.4) is 0 Å². The Labute approximate surface area is 275 Å². The van der Waals surface area contributed by atoms with Crippen molar-refractivity contribution in [2.75, 3.05) is 0 Å². The summed E-state index contributed by atoms with van der Waals surface area (Å²) in [7, 11) is 0. The monoisotopic (exact) mass is 603 g/mol. The summed E-state index contributed by atoms with van der Waals surface area (Å²) >= 11 is 0. The van der Waals surface area contributed by atoms with E-state index in [1.54, 1.807) is 0 Å². The molecule has 0 bridgehead atoms. The van der Waals surface area contributed by atoms with Gasteiger partial charge in [0.1, 0.15) is 5.84 Å². The van der Waals surface area contributed by atoms with E-state index in [2.05, 4.69) is 122 Å². The summed E-state index contributed by atoms with van der Waals surface area (Å²) in [6.45, 7) is 6.22. The Bertz CT molecular complexity index is 2360. The maximum atomic E-state index is 9.22. The predicted molar refractivity (Wildman–Crippen MR) is 197 cm³/mol. The number of nitrogens with two attached hydrogens (primary N) is 1. The van der Waals surface area contributed by atoms with Crippen molar-refractivity contribution >= 4 is 28.0 Å². The number of hydrogen-bond donors (Lipinski definition) is 2. The first-order chi connectivity index (χ1) is 23.0. The van der Waals surface area contributed by atoms with Gasteiger partial charge in [-0.25, -0.2) is 4.99 Å². The molecule has 0 saturated carbocycles. The van der Waals surface area contributed by atoms with E-state index in [-0.39, 0.29) is 5.84 Å². The van der Waals surface area contributed by atoms with Gasteiger partial charge in [-0.05, 0) is 91.5 Å². The summed E-state index contributed by atoms with van der Waals surface area (Å²) in [6, 6.07) is 46.6. The Balaban J connectivity index is 1.38. The standard InChI is InChI=1S/C44H33N3/c1-3-4-18-33-28(2)44(39-21-12-10-19-34(33)39)40-22-13-11-20-35(40)36-24-23-32(27-41(36)44)37-25-30-16-8-9-17-31(30)26-38(37)43(46)47-42(45)29-14-6-5-7-15-29/h3-27H,1H2,2H3,(H3,45,46,47)/b18-4-. The number of hydrogen-bond acceptors (Lipinski definition) is 1. The molecule has 0 fully saturated rings. The van der Waals surface area contributed by atoms with E-state index in [9.17, 15) is 5.41 Å². The first kappa shape index (κ1) is 28.4. The van der Waals surface area contributed by atoms with Crippen LogP contribution >= 0.6 is 0 Å². The SMILES string of the molecule is C=C/C=C\C1=C(C)C2(c3ccccc31)c1ccccc1-c1ccc(-c3cc4ccccc4cc3C(=N)/N=C(\N)c3ccccc3)cc12. The molecule has 0 aliphatic heterocycles. The molecule has 3 nitrogen and oxygen atoms in total. The van der Waals surface area contributed by atoms with Crippen LogP contribution < -0.4 is 5.73 Å². The van der Waals surface area contributed by atoms with Gasteiger partial charge in [-0.1, -0.05) is 140 Å². The Kier molecular flexibility index (Phi) is 6.70. The summed E-state index contributed by atoms with van der Waals surface area (Å²) < 4.78 is 0. The molecule has 2 aliphatic carbocycles. The largest absolute Gasteiger partial charge is 0.383 e. The first-order valence-corrected chi connectivity index (χ1v) is 15.9. The van der Waals surface area contributed by atoms with Gasteiger partial charge in [-0.15, -0.1) is 0 Å². The molecule has 1 atom stereocenters. The van der Waals surface area contributed by atoms with Gasteiger partial charge in [-0.2, -0.15) is 0 Å². The molecule has 1 spiro atoms. The number of aliphatic imine (C=N–C) groups is 1. The summed E-state index contributed by atoms with van der Waals surface area (Å²) in [5.41, 5.74) is 19.6. The number of benzene rings is 6. The Hall–Kier alpha value is -6.06. The highest BCUT2D eigenvalue weighted by Crippen LogP contribution is 2.62. The third-order valence-corrected chi connectivity index (χ3v) is 9.79. The van der Waals surface area contributed by atoms with Crippen LogP contribution in [0.25, 0.3) is 38.6 Å². The van der Waals surface area contributed by atoms with Crippen LogP contribution in [0.2, 0.25) is 0 Å². The lowest BCUT2D eigenvalue weighted by Crippen LogP contribution is -2.26. The third kappa shape index (κ3) is 4.28. The molecule has 3 N–H and O–H groups in total. The smallest absolute Gasteiger partial charge is 0.154 e. The molecule has 3 heteroatoms. The lowest BCUT2D eigenvalue weighted by molar-refractivity contribution is 0.767. The second kappa shape index (κ2) is 11.1. The number of fused-ring (bicyclic) bond motifs is 8. The molecule has 0 saturated heterocycles. The molecular formula is C44H33N3. The van der Waals surface area contributed by atoms with Crippen molar-refractivity contribution < 1.29 is 0 Å². The molecule has 0 heterocycles. The van der Waals surface area contributed by atoms with Crippen LogP contribution in [0, 0.1) is 5.41 Å². The highest BCUT2D eigenvalue weighted by molar-refractivity contribution is 6.14. The van der Waals surface area contributed by atoms with Gasteiger partial charge in [-0.3, -0.25) is 5.41 Å².